The van der Waals surface area contributed by atoms with Crippen molar-refractivity contribution < 1.29 is 4.42 Å². The first kappa shape index (κ1) is 17.9. The van der Waals surface area contributed by atoms with Crippen molar-refractivity contribution in [2.24, 2.45) is 0 Å². The number of hydrogen-bond acceptors (Lipinski definition) is 1. The van der Waals surface area contributed by atoms with Gasteiger partial charge in [-0.2, -0.15) is 0 Å². The zero-order valence-electron chi connectivity index (χ0n) is 18.3. The first-order valence-corrected chi connectivity index (χ1v) is 11.6. The van der Waals surface area contributed by atoms with Crippen LogP contribution in [0, 0.1) is 0 Å². The van der Waals surface area contributed by atoms with E-state index >= 15 is 0 Å². The molecule has 2 nitrogen and oxygen atoms in total. The molecule has 6 aromatic carbocycles. The van der Waals surface area contributed by atoms with E-state index in [1.807, 2.05) is 0 Å². The third-order valence-electron chi connectivity index (χ3n) is 7.17. The lowest BCUT2D eigenvalue weighted by Gasteiger charge is -2.11. The molecule has 0 amide bonds. The third-order valence-corrected chi connectivity index (χ3v) is 7.17. The third kappa shape index (κ3) is 2.24. The minimum Gasteiger partial charge on any atom is -0.456 e. The molecular weight excluding hydrogens is 414 g/mol. The maximum absolute atomic E-state index is 6.39. The van der Waals surface area contributed by atoms with Gasteiger partial charge in [-0.05, 0) is 46.5 Å². The molecule has 0 saturated heterocycles. The molecule has 2 aromatic heterocycles. The Morgan fingerprint density at radius 3 is 1.94 bits per heavy atom. The van der Waals surface area contributed by atoms with Gasteiger partial charge in [0, 0.05) is 26.9 Å². The number of hydrogen-bond donors (Lipinski definition) is 0. The lowest BCUT2D eigenvalue weighted by molar-refractivity contribution is 0.669. The first-order chi connectivity index (χ1) is 16.9. The molecule has 158 valence electrons. The Hall–Kier alpha value is -4.56. The van der Waals surface area contributed by atoms with Gasteiger partial charge in [-0.3, -0.25) is 0 Å². The van der Waals surface area contributed by atoms with Crippen molar-refractivity contribution in [1.29, 1.82) is 0 Å². The molecule has 8 aromatic rings. The molecular formula is C32H19NO. The molecule has 2 heterocycles. The summed E-state index contributed by atoms with van der Waals surface area (Å²) < 4.78 is 8.81. The molecule has 0 aliphatic carbocycles. The van der Waals surface area contributed by atoms with E-state index in [0.29, 0.717) is 0 Å². The van der Waals surface area contributed by atoms with E-state index in [1.54, 1.807) is 0 Å². The van der Waals surface area contributed by atoms with Crippen molar-refractivity contribution in [1.82, 2.24) is 4.57 Å². The monoisotopic (exact) mass is 433 g/mol. The Balaban J connectivity index is 1.65. The van der Waals surface area contributed by atoms with Gasteiger partial charge in [0.1, 0.15) is 11.2 Å². The average Bonchev–Trinajstić information content (AvgIpc) is 3.44. The summed E-state index contributed by atoms with van der Waals surface area (Å²) in [6.45, 7) is 0. The van der Waals surface area contributed by atoms with Crippen LogP contribution in [-0.2, 0) is 0 Å². The van der Waals surface area contributed by atoms with E-state index in [0.717, 1.165) is 11.2 Å². The fraction of sp³-hybridized carbons (Fsp3) is 0. The van der Waals surface area contributed by atoms with Crippen molar-refractivity contribution in [3.63, 3.8) is 0 Å². The molecule has 0 aliphatic heterocycles. The van der Waals surface area contributed by atoms with Gasteiger partial charge in [-0.25, -0.2) is 0 Å². The van der Waals surface area contributed by atoms with Crippen LogP contribution in [0.1, 0.15) is 0 Å². The Bertz CT molecular complexity index is 2070. The van der Waals surface area contributed by atoms with Crippen LogP contribution in [0.3, 0.4) is 0 Å². The molecule has 0 N–H and O–H groups in total. The smallest absolute Gasteiger partial charge is 0.136 e. The Morgan fingerprint density at radius 2 is 1.06 bits per heavy atom. The van der Waals surface area contributed by atoms with Gasteiger partial charge in [0.2, 0.25) is 0 Å². The molecule has 8 rings (SSSR count). The van der Waals surface area contributed by atoms with Crippen LogP contribution in [0.5, 0.6) is 0 Å². The van der Waals surface area contributed by atoms with Crippen LogP contribution < -0.4 is 0 Å². The lowest BCUT2D eigenvalue weighted by Crippen LogP contribution is -1.94. The van der Waals surface area contributed by atoms with Gasteiger partial charge in [-0.15, -0.1) is 0 Å². The van der Waals surface area contributed by atoms with Crippen LogP contribution in [0.2, 0.25) is 0 Å². The van der Waals surface area contributed by atoms with E-state index in [-0.39, 0.29) is 0 Å². The van der Waals surface area contributed by atoms with E-state index in [1.165, 1.54) is 59.8 Å². The number of fused-ring (bicyclic) bond motifs is 10. The maximum Gasteiger partial charge on any atom is 0.136 e. The zero-order chi connectivity index (χ0) is 22.2. The van der Waals surface area contributed by atoms with Gasteiger partial charge in [0.15, 0.2) is 0 Å². The van der Waals surface area contributed by atoms with Crippen molar-refractivity contribution >= 4 is 65.3 Å². The number of benzene rings is 6. The molecule has 34 heavy (non-hydrogen) atoms. The number of furan rings is 1. The summed E-state index contributed by atoms with van der Waals surface area (Å²) in [5.41, 5.74) is 5.46. The standard InChI is InChI=1S/C32H19NO/c1-3-11-22-20(8-1)10-7-15-25(22)33-26-14-6-5-13-24(26)30-27(33)17-19-29-32(30)31-23-12-4-2-9-21(23)16-18-28(31)34-29/h1-19H. The topological polar surface area (TPSA) is 18.1 Å². The normalized spacial score (nSPS) is 12.1. The van der Waals surface area contributed by atoms with Crippen LogP contribution in [0.15, 0.2) is 120 Å². The molecule has 0 aliphatic rings. The Labute approximate surface area is 195 Å². The molecule has 0 bridgehead atoms. The molecule has 0 radical (unpaired) electrons. The second kappa shape index (κ2) is 6.49. The quantitative estimate of drug-likeness (QED) is 0.253. The summed E-state index contributed by atoms with van der Waals surface area (Å²) in [6.07, 6.45) is 0. The Morgan fingerprint density at radius 1 is 0.412 bits per heavy atom. The SMILES string of the molecule is c1ccc2c(-n3c4ccccc4c4c5c(ccc43)oc3ccc4ccccc4c35)cccc2c1. The van der Waals surface area contributed by atoms with E-state index in [2.05, 4.69) is 120 Å². The maximum atomic E-state index is 6.39. The first-order valence-electron chi connectivity index (χ1n) is 11.6. The molecule has 0 saturated carbocycles. The van der Waals surface area contributed by atoms with Crippen molar-refractivity contribution in [3.8, 4) is 5.69 Å². The fourth-order valence-electron chi connectivity index (χ4n) is 5.75. The summed E-state index contributed by atoms with van der Waals surface area (Å²) in [5, 5.41) is 9.82. The minimum absolute atomic E-state index is 0.930. The molecule has 2 heteroatoms. The summed E-state index contributed by atoms with van der Waals surface area (Å²) in [6, 6.07) is 41.1. The average molecular weight is 434 g/mol. The highest BCUT2D eigenvalue weighted by Gasteiger charge is 2.20. The number of para-hydroxylation sites is 1. The van der Waals surface area contributed by atoms with Crippen LogP contribution in [0.25, 0.3) is 71.0 Å². The largest absolute Gasteiger partial charge is 0.456 e. The second-order valence-corrected chi connectivity index (χ2v) is 8.95. The van der Waals surface area contributed by atoms with E-state index < -0.39 is 0 Å². The van der Waals surface area contributed by atoms with Crippen LogP contribution in [-0.4, -0.2) is 4.57 Å². The predicted molar refractivity (Wildman–Crippen MR) is 143 cm³/mol. The number of nitrogens with zero attached hydrogens (tertiary/aromatic N) is 1. The highest BCUT2D eigenvalue weighted by atomic mass is 16.3. The molecule has 0 fully saturated rings. The zero-order valence-corrected chi connectivity index (χ0v) is 18.3. The van der Waals surface area contributed by atoms with Crippen molar-refractivity contribution in [3.05, 3.63) is 115 Å². The summed E-state index contributed by atoms with van der Waals surface area (Å²) in [5.74, 6) is 0. The predicted octanol–water partition coefficient (Wildman–Crippen LogP) is 8.99. The fourth-order valence-corrected chi connectivity index (χ4v) is 5.75. The molecule has 0 unspecified atom stereocenters. The van der Waals surface area contributed by atoms with Gasteiger partial charge in [-0.1, -0.05) is 84.9 Å². The van der Waals surface area contributed by atoms with Gasteiger partial charge < -0.3 is 8.98 Å². The van der Waals surface area contributed by atoms with Gasteiger partial charge in [0.05, 0.1) is 16.7 Å². The van der Waals surface area contributed by atoms with Crippen LogP contribution in [0.4, 0.5) is 0 Å². The number of rotatable bonds is 1. The van der Waals surface area contributed by atoms with Crippen molar-refractivity contribution in [2.45, 2.75) is 0 Å². The van der Waals surface area contributed by atoms with E-state index in [9.17, 15) is 0 Å². The van der Waals surface area contributed by atoms with Gasteiger partial charge in [0.25, 0.3) is 0 Å². The van der Waals surface area contributed by atoms with E-state index in [4.69, 9.17) is 4.42 Å². The molecule has 0 atom stereocenters. The summed E-state index contributed by atoms with van der Waals surface area (Å²) in [7, 11) is 0. The summed E-state index contributed by atoms with van der Waals surface area (Å²) in [4.78, 5) is 0. The van der Waals surface area contributed by atoms with Crippen molar-refractivity contribution in [2.75, 3.05) is 0 Å². The molecule has 0 spiro atoms. The minimum atomic E-state index is 0.930. The Kier molecular flexibility index (Phi) is 3.42. The lowest BCUT2D eigenvalue weighted by atomic mass is 10.0. The second-order valence-electron chi connectivity index (χ2n) is 8.95. The highest BCUT2D eigenvalue weighted by Crippen LogP contribution is 2.43. The van der Waals surface area contributed by atoms with Gasteiger partial charge >= 0.3 is 0 Å². The number of aromatic nitrogens is 1. The highest BCUT2D eigenvalue weighted by molar-refractivity contribution is 6.31. The van der Waals surface area contributed by atoms with Crippen LogP contribution >= 0.6 is 0 Å². The summed E-state index contributed by atoms with van der Waals surface area (Å²) >= 11 is 0.